The van der Waals surface area contributed by atoms with E-state index in [1.54, 1.807) is 0 Å². The van der Waals surface area contributed by atoms with Crippen LogP contribution in [0.5, 0.6) is 0 Å². The molecule has 0 aromatic carbocycles. The molecule has 19 heavy (non-hydrogen) atoms. The number of nitrogen functional groups attached to an aromatic ring is 1. The number of aromatic amines is 1. The fourth-order valence-electron chi connectivity index (χ4n) is 2.19. The Bertz CT molecular complexity index is 596. The Hall–Kier alpha value is -1.86. The van der Waals surface area contributed by atoms with Crippen molar-refractivity contribution < 1.29 is 0 Å². The number of aromatic nitrogens is 4. The molecule has 3 rings (SSSR count). The number of nitrogens with zero attached hydrogens (tertiary/aromatic N) is 4. The van der Waals surface area contributed by atoms with E-state index in [4.69, 9.17) is 23.1 Å². The van der Waals surface area contributed by atoms with E-state index in [9.17, 15) is 0 Å². The van der Waals surface area contributed by atoms with Gasteiger partial charge < -0.3 is 16.4 Å². The second-order valence-electron chi connectivity index (χ2n) is 4.56. The molecular formula is C11H14ClN7. The van der Waals surface area contributed by atoms with Crippen molar-refractivity contribution in [3.05, 3.63) is 17.3 Å². The Balaban J connectivity index is 1.99. The van der Waals surface area contributed by atoms with Crippen LogP contribution >= 0.6 is 11.6 Å². The second kappa shape index (κ2) is 4.67. The molecule has 0 amide bonds. The summed E-state index contributed by atoms with van der Waals surface area (Å²) in [7, 11) is 0. The third kappa shape index (κ3) is 2.34. The highest BCUT2D eigenvalue weighted by Crippen LogP contribution is 2.27. The van der Waals surface area contributed by atoms with Gasteiger partial charge in [0.25, 0.3) is 0 Å². The normalized spacial score (nSPS) is 19.1. The van der Waals surface area contributed by atoms with Crippen molar-refractivity contribution in [1.29, 1.82) is 0 Å². The minimum absolute atomic E-state index is 0.176. The van der Waals surface area contributed by atoms with Gasteiger partial charge in [-0.05, 0) is 6.42 Å². The lowest BCUT2D eigenvalue weighted by Crippen LogP contribution is -2.27. The van der Waals surface area contributed by atoms with E-state index in [-0.39, 0.29) is 12.0 Å². The summed E-state index contributed by atoms with van der Waals surface area (Å²) >= 11 is 6.03. The van der Waals surface area contributed by atoms with Crippen LogP contribution in [0.15, 0.2) is 12.3 Å². The molecule has 5 N–H and O–H groups in total. The molecule has 7 nitrogen and oxygen atoms in total. The molecule has 0 saturated carbocycles. The molecule has 1 atom stereocenters. The maximum absolute atomic E-state index is 6.03. The first-order valence-corrected chi connectivity index (χ1v) is 6.35. The van der Waals surface area contributed by atoms with Crippen LogP contribution in [0, 0.1) is 0 Å². The number of H-pyrrole nitrogens is 1. The van der Waals surface area contributed by atoms with Crippen molar-refractivity contribution in [2.24, 2.45) is 5.73 Å². The van der Waals surface area contributed by atoms with Crippen molar-refractivity contribution in [3.63, 3.8) is 0 Å². The molecular weight excluding hydrogens is 266 g/mol. The molecule has 1 saturated heterocycles. The van der Waals surface area contributed by atoms with Crippen LogP contribution in [0.3, 0.4) is 0 Å². The zero-order valence-electron chi connectivity index (χ0n) is 10.2. The zero-order chi connectivity index (χ0) is 13.4. The van der Waals surface area contributed by atoms with Crippen LogP contribution in [0.25, 0.3) is 11.4 Å². The minimum atomic E-state index is 0.176. The number of halogens is 1. The maximum Gasteiger partial charge on any atom is 0.222 e. The molecule has 2 aromatic rings. The van der Waals surface area contributed by atoms with E-state index in [2.05, 4.69) is 25.1 Å². The minimum Gasteiger partial charge on any atom is -0.368 e. The molecule has 3 heterocycles. The molecule has 1 aliphatic heterocycles. The van der Waals surface area contributed by atoms with Crippen LogP contribution in [0.1, 0.15) is 6.42 Å². The summed E-state index contributed by atoms with van der Waals surface area (Å²) in [5, 5.41) is 7.18. The highest BCUT2D eigenvalue weighted by Gasteiger charge is 2.22. The lowest BCUT2D eigenvalue weighted by molar-refractivity contribution is 0.751. The van der Waals surface area contributed by atoms with Gasteiger partial charge in [-0.15, -0.1) is 0 Å². The summed E-state index contributed by atoms with van der Waals surface area (Å²) in [5.41, 5.74) is 12.9. The highest BCUT2D eigenvalue weighted by atomic mass is 35.5. The largest absolute Gasteiger partial charge is 0.368 e. The maximum atomic E-state index is 6.03. The van der Waals surface area contributed by atoms with Crippen LogP contribution in [0.4, 0.5) is 11.8 Å². The number of anilines is 2. The predicted molar refractivity (Wildman–Crippen MR) is 73.8 cm³/mol. The van der Waals surface area contributed by atoms with Crippen LogP contribution in [0.2, 0.25) is 5.02 Å². The third-order valence-electron chi connectivity index (χ3n) is 3.13. The fourth-order valence-corrected chi connectivity index (χ4v) is 2.38. The van der Waals surface area contributed by atoms with Crippen LogP contribution < -0.4 is 16.4 Å². The van der Waals surface area contributed by atoms with Crippen molar-refractivity contribution in [1.82, 2.24) is 20.2 Å². The quantitative estimate of drug-likeness (QED) is 0.744. The van der Waals surface area contributed by atoms with Gasteiger partial charge in [0, 0.05) is 25.2 Å². The SMILES string of the molecule is Nc1nc(-c2[nH]ncc2Cl)cc(N2CC[C@@H](N)C2)n1. The lowest BCUT2D eigenvalue weighted by atomic mass is 10.3. The first-order valence-electron chi connectivity index (χ1n) is 5.98. The molecule has 8 heteroatoms. The Morgan fingerprint density at radius 2 is 2.26 bits per heavy atom. The van der Waals surface area contributed by atoms with Gasteiger partial charge >= 0.3 is 0 Å². The summed E-state index contributed by atoms with van der Waals surface area (Å²) in [4.78, 5) is 10.5. The number of nitrogens with one attached hydrogen (secondary N) is 1. The molecule has 0 radical (unpaired) electrons. The summed E-state index contributed by atoms with van der Waals surface area (Å²) in [6, 6.07) is 2.02. The zero-order valence-corrected chi connectivity index (χ0v) is 10.9. The predicted octanol–water partition coefficient (Wildman–Crippen LogP) is 0.640. The van der Waals surface area contributed by atoms with E-state index in [1.165, 1.54) is 6.20 Å². The topological polar surface area (TPSA) is 110 Å². The molecule has 1 aliphatic rings. The summed E-state index contributed by atoms with van der Waals surface area (Å²) in [5.74, 6) is 0.972. The standard InChI is InChI=1S/C11H14ClN7/c12-7-4-15-18-10(7)8-3-9(17-11(14)16-8)19-2-1-6(13)5-19/h3-4,6H,1-2,5,13H2,(H,15,18)(H2,14,16,17)/t6-/m1/s1. The smallest absolute Gasteiger partial charge is 0.222 e. The number of nitrogens with two attached hydrogens (primary N) is 2. The first-order chi connectivity index (χ1) is 9.13. The summed E-state index contributed by atoms with van der Waals surface area (Å²) in [6.45, 7) is 1.64. The van der Waals surface area contributed by atoms with E-state index < -0.39 is 0 Å². The molecule has 2 aromatic heterocycles. The number of rotatable bonds is 2. The number of hydrogen-bond acceptors (Lipinski definition) is 6. The van der Waals surface area contributed by atoms with E-state index in [1.807, 2.05) is 6.07 Å². The Kier molecular flexibility index (Phi) is 3.00. The van der Waals surface area contributed by atoms with Crippen molar-refractivity contribution in [2.45, 2.75) is 12.5 Å². The van der Waals surface area contributed by atoms with Gasteiger partial charge in [-0.25, -0.2) is 4.98 Å². The second-order valence-corrected chi connectivity index (χ2v) is 4.96. The monoisotopic (exact) mass is 279 g/mol. The van der Waals surface area contributed by atoms with Gasteiger partial charge in [-0.2, -0.15) is 10.1 Å². The van der Waals surface area contributed by atoms with E-state index in [0.29, 0.717) is 16.4 Å². The molecule has 0 unspecified atom stereocenters. The molecule has 0 aliphatic carbocycles. The first kappa shape index (κ1) is 12.2. The highest BCUT2D eigenvalue weighted by molar-refractivity contribution is 6.32. The Morgan fingerprint density at radius 3 is 2.89 bits per heavy atom. The van der Waals surface area contributed by atoms with Gasteiger partial charge in [0.15, 0.2) is 0 Å². The molecule has 0 spiro atoms. The van der Waals surface area contributed by atoms with Gasteiger partial charge in [-0.1, -0.05) is 11.6 Å². The van der Waals surface area contributed by atoms with Crippen molar-refractivity contribution in [2.75, 3.05) is 23.7 Å². The Morgan fingerprint density at radius 1 is 1.42 bits per heavy atom. The van der Waals surface area contributed by atoms with Crippen LogP contribution in [-0.2, 0) is 0 Å². The lowest BCUT2D eigenvalue weighted by Gasteiger charge is -2.17. The molecule has 100 valence electrons. The average molecular weight is 280 g/mol. The Labute approximate surface area is 115 Å². The van der Waals surface area contributed by atoms with E-state index >= 15 is 0 Å². The summed E-state index contributed by atoms with van der Waals surface area (Å²) < 4.78 is 0. The van der Waals surface area contributed by atoms with Gasteiger partial charge in [0.05, 0.1) is 16.9 Å². The van der Waals surface area contributed by atoms with Crippen LogP contribution in [-0.4, -0.2) is 39.3 Å². The fraction of sp³-hybridized carbons (Fsp3) is 0.364. The van der Waals surface area contributed by atoms with Gasteiger partial charge in [-0.3, -0.25) is 5.10 Å². The van der Waals surface area contributed by atoms with Crippen molar-refractivity contribution in [3.8, 4) is 11.4 Å². The molecule has 0 bridgehead atoms. The number of hydrogen-bond donors (Lipinski definition) is 3. The summed E-state index contributed by atoms with van der Waals surface area (Å²) in [6.07, 6.45) is 2.48. The average Bonchev–Trinajstić information content (AvgIpc) is 2.97. The van der Waals surface area contributed by atoms with Crippen molar-refractivity contribution >= 4 is 23.4 Å². The van der Waals surface area contributed by atoms with E-state index in [0.717, 1.165) is 25.3 Å². The van der Waals surface area contributed by atoms with Gasteiger partial charge in [0.2, 0.25) is 5.95 Å². The van der Waals surface area contributed by atoms with Gasteiger partial charge in [0.1, 0.15) is 11.5 Å². The molecule has 1 fully saturated rings. The third-order valence-corrected chi connectivity index (χ3v) is 3.41.